The number of nitrogens with zero attached hydrogens (tertiary/aromatic N) is 1. The number of benzene rings is 1. The van der Waals surface area contributed by atoms with Crippen molar-refractivity contribution in [2.45, 2.75) is 26.2 Å². The first-order valence-electron chi connectivity index (χ1n) is 6.09. The van der Waals surface area contributed by atoms with Crippen LogP contribution in [0.3, 0.4) is 0 Å². The van der Waals surface area contributed by atoms with Crippen molar-refractivity contribution in [1.29, 1.82) is 5.26 Å². The SMILES string of the molecule is CCCC(CC(=O)O)C(=O)Nc1cccc(C#N)c1. The van der Waals surface area contributed by atoms with Crippen LogP contribution in [-0.2, 0) is 9.59 Å². The Morgan fingerprint density at radius 1 is 1.47 bits per heavy atom. The molecule has 0 aliphatic carbocycles. The topological polar surface area (TPSA) is 90.2 Å². The minimum atomic E-state index is -0.987. The Morgan fingerprint density at radius 2 is 2.21 bits per heavy atom. The number of aliphatic carboxylic acids is 1. The van der Waals surface area contributed by atoms with Gasteiger partial charge in [0, 0.05) is 11.6 Å². The molecule has 1 atom stereocenters. The fraction of sp³-hybridized carbons (Fsp3) is 0.357. The molecule has 100 valence electrons. The maximum Gasteiger partial charge on any atom is 0.304 e. The second-order valence-electron chi connectivity index (χ2n) is 4.27. The quantitative estimate of drug-likeness (QED) is 0.821. The highest BCUT2D eigenvalue weighted by Crippen LogP contribution is 2.16. The van der Waals surface area contributed by atoms with Crippen LogP contribution in [0.25, 0.3) is 0 Å². The number of carbonyl (C=O) groups is 2. The lowest BCUT2D eigenvalue weighted by molar-refractivity contribution is -0.140. The highest BCUT2D eigenvalue weighted by Gasteiger charge is 2.20. The van der Waals surface area contributed by atoms with Crippen molar-refractivity contribution in [1.82, 2.24) is 0 Å². The van der Waals surface area contributed by atoms with Crippen LogP contribution in [0.4, 0.5) is 5.69 Å². The van der Waals surface area contributed by atoms with Gasteiger partial charge in [0.25, 0.3) is 0 Å². The smallest absolute Gasteiger partial charge is 0.304 e. The number of rotatable bonds is 6. The van der Waals surface area contributed by atoms with Gasteiger partial charge in [0.1, 0.15) is 0 Å². The minimum Gasteiger partial charge on any atom is -0.481 e. The molecule has 0 spiro atoms. The summed E-state index contributed by atoms with van der Waals surface area (Å²) in [5.41, 5.74) is 0.957. The third kappa shape index (κ3) is 4.80. The molecule has 1 amide bonds. The number of hydrogen-bond donors (Lipinski definition) is 2. The lowest BCUT2D eigenvalue weighted by atomic mass is 9.99. The predicted molar refractivity (Wildman–Crippen MR) is 70.4 cm³/mol. The Kier molecular flexibility index (Phi) is 5.55. The average Bonchev–Trinajstić information content (AvgIpc) is 2.38. The summed E-state index contributed by atoms with van der Waals surface area (Å²) in [6.45, 7) is 1.90. The third-order valence-electron chi connectivity index (χ3n) is 2.69. The molecule has 5 nitrogen and oxygen atoms in total. The molecule has 0 fully saturated rings. The zero-order valence-corrected chi connectivity index (χ0v) is 10.7. The molecule has 1 aromatic carbocycles. The molecule has 0 aliphatic heterocycles. The Balaban J connectivity index is 2.75. The van der Waals surface area contributed by atoms with Crippen LogP contribution in [0, 0.1) is 17.2 Å². The highest BCUT2D eigenvalue weighted by molar-refractivity contribution is 5.94. The van der Waals surface area contributed by atoms with Crippen molar-refractivity contribution >= 4 is 17.6 Å². The maximum atomic E-state index is 12.0. The fourth-order valence-electron chi connectivity index (χ4n) is 1.80. The maximum absolute atomic E-state index is 12.0. The number of nitriles is 1. The van der Waals surface area contributed by atoms with E-state index in [0.717, 1.165) is 6.42 Å². The Morgan fingerprint density at radius 3 is 2.79 bits per heavy atom. The standard InChI is InChI=1S/C14H16N2O3/c1-2-4-11(8-13(17)18)14(19)16-12-6-3-5-10(7-12)9-15/h3,5-7,11H,2,4,8H2,1H3,(H,16,19)(H,17,18). The van der Waals surface area contributed by atoms with E-state index in [9.17, 15) is 9.59 Å². The molecule has 0 bridgehead atoms. The average molecular weight is 260 g/mol. The minimum absolute atomic E-state index is 0.183. The van der Waals surface area contributed by atoms with Crippen LogP contribution in [-0.4, -0.2) is 17.0 Å². The molecule has 5 heteroatoms. The predicted octanol–water partition coefficient (Wildman–Crippen LogP) is 2.39. The number of carboxylic acid groups (broad SMARTS) is 1. The summed E-state index contributed by atoms with van der Waals surface area (Å²) in [4.78, 5) is 22.7. The van der Waals surface area contributed by atoms with Crippen molar-refractivity contribution in [2.24, 2.45) is 5.92 Å². The summed E-state index contributed by atoms with van der Waals surface area (Å²) in [6, 6.07) is 8.51. The van der Waals surface area contributed by atoms with Crippen LogP contribution in [0.15, 0.2) is 24.3 Å². The van der Waals surface area contributed by atoms with Crippen molar-refractivity contribution in [2.75, 3.05) is 5.32 Å². The first-order chi connectivity index (χ1) is 9.06. The number of carboxylic acids is 1. The summed E-state index contributed by atoms with van der Waals surface area (Å²) >= 11 is 0. The number of anilines is 1. The van der Waals surface area contributed by atoms with E-state index in [1.54, 1.807) is 24.3 Å². The summed E-state index contributed by atoms with van der Waals surface area (Å²) in [5, 5.41) is 20.2. The first kappa shape index (κ1) is 14.7. The van der Waals surface area contributed by atoms with Crippen LogP contribution in [0.1, 0.15) is 31.7 Å². The number of hydrogen-bond acceptors (Lipinski definition) is 3. The molecule has 0 aliphatic rings. The number of nitrogens with one attached hydrogen (secondary N) is 1. The van der Waals surface area contributed by atoms with Gasteiger partial charge >= 0.3 is 5.97 Å². The lowest BCUT2D eigenvalue weighted by Gasteiger charge is -2.14. The van der Waals surface area contributed by atoms with E-state index >= 15 is 0 Å². The van der Waals surface area contributed by atoms with E-state index in [1.807, 2.05) is 13.0 Å². The van der Waals surface area contributed by atoms with Crippen LogP contribution >= 0.6 is 0 Å². The molecular weight excluding hydrogens is 244 g/mol. The van der Waals surface area contributed by atoms with E-state index in [1.165, 1.54) is 0 Å². The molecule has 1 aromatic rings. The monoisotopic (exact) mass is 260 g/mol. The van der Waals surface area contributed by atoms with Crippen molar-refractivity contribution in [3.63, 3.8) is 0 Å². The van der Waals surface area contributed by atoms with Gasteiger partial charge in [-0.1, -0.05) is 19.4 Å². The molecule has 19 heavy (non-hydrogen) atoms. The number of amides is 1. The largest absolute Gasteiger partial charge is 0.481 e. The van der Waals surface area contributed by atoms with Crippen molar-refractivity contribution in [3.8, 4) is 6.07 Å². The number of carbonyl (C=O) groups excluding carboxylic acids is 1. The molecule has 0 saturated heterocycles. The Bertz CT molecular complexity index is 506. The molecule has 0 radical (unpaired) electrons. The van der Waals surface area contributed by atoms with Gasteiger partial charge in [-0.05, 0) is 24.6 Å². The van der Waals surface area contributed by atoms with E-state index < -0.39 is 11.9 Å². The van der Waals surface area contributed by atoms with E-state index in [0.29, 0.717) is 17.7 Å². The second kappa shape index (κ2) is 7.17. The van der Waals surface area contributed by atoms with Crippen LogP contribution in [0.5, 0.6) is 0 Å². The van der Waals surface area contributed by atoms with Gasteiger partial charge in [0.05, 0.1) is 18.1 Å². The summed E-state index contributed by atoms with van der Waals surface area (Å²) < 4.78 is 0. The third-order valence-corrected chi connectivity index (χ3v) is 2.69. The van der Waals surface area contributed by atoms with E-state index in [2.05, 4.69) is 5.32 Å². The Labute approximate surface area is 111 Å². The van der Waals surface area contributed by atoms with Gasteiger partial charge in [0.2, 0.25) is 5.91 Å². The molecule has 1 unspecified atom stereocenters. The van der Waals surface area contributed by atoms with Gasteiger partial charge in [-0.25, -0.2) is 0 Å². The van der Waals surface area contributed by atoms with Crippen molar-refractivity contribution in [3.05, 3.63) is 29.8 Å². The second-order valence-corrected chi connectivity index (χ2v) is 4.27. The fourth-order valence-corrected chi connectivity index (χ4v) is 1.80. The van der Waals surface area contributed by atoms with Crippen LogP contribution in [0.2, 0.25) is 0 Å². The molecule has 0 saturated carbocycles. The van der Waals surface area contributed by atoms with Gasteiger partial charge in [-0.2, -0.15) is 5.26 Å². The normalized spacial score (nSPS) is 11.4. The van der Waals surface area contributed by atoms with Crippen LogP contribution < -0.4 is 5.32 Å². The molecule has 0 heterocycles. The summed E-state index contributed by atoms with van der Waals surface area (Å²) in [7, 11) is 0. The van der Waals surface area contributed by atoms with Gasteiger partial charge < -0.3 is 10.4 Å². The van der Waals surface area contributed by atoms with Gasteiger partial charge in [-0.3, -0.25) is 9.59 Å². The molecule has 0 aromatic heterocycles. The zero-order valence-electron chi connectivity index (χ0n) is 10.7. The summed E-state index contributed by atoms with van der Waals surface area (Å²) in [5.74, 6) is -1.85. The molecular formula is C14H16N2O3. The van der Waals surface area contributed by atoms with E-state index in [-0.39, 0.29) is 12.3 Å². The summed E-state index contributed by atoms with van der Waals surface area (Å²) in [6.07, 6.45) is 1.08. The first-order valence-corrected chi connectivity index (χ1v) is 6.09. The van der Waals surface area contributed by atoms with E-state index in [4.69, 9.17) is 10.4 Å². The van der Waals surface area contributed by atoms with Gasteiger partial charge in [-0.15, -0.1) is 0 Å². The lowest BCUT2D eigenvalue weighted by Crippen LogP contribution is -2.25. The zero-order chi connectivity index (χ0) is 14.3. The highest BCUT2D eigenvalue weighted by atomic mass is 16.4. The molecule has 2 N–H and O–H groups in total. The van der Waals surface area contributed by atoms with Crippen molar-refractivity contribution < 1.29 is 14.7 Å². The Hall–Kier alpha value is -2.35. The van der Waals surface area contributed by atoms with Gasteiger partial charge in [0.15, 0.2) is 0 Å². The molecule has 1 rings (SSSR count).